The van der Waals surface area contributed by atoms with Gasteiger partial charge in [0, 0.05) is 11.6 Å². The Hall–Kier alpha value is -3.63. The molecule has 0 saturated heterocycles. The fraction of sp³-hybridized carbons (Fsp3) is 0. The van der Waals surface area contributed by atoms with Crippen LogP contribution in [-0.2, 0) is 0 Å². The third-order valence-corrected chi connectivity index (χ3v) is 3.84. The number of carboxylic acids is 1. The van der Waals surface area contributed by atoms with Crippen molar-refractivity contribution in [3.63, 3.8) is 0 Å². The highest BCUT2D eigenvalue weighted by Crippen LogP contribution is 2.28. The summed E-state index contributed by atoms with van der Waals surface area (Å²) in [5, 5.41) is 24.7. The summed E-state index contributed by atoms with van der Waals surface area (Å²) < 4.78 is 5.15. The van der Waals surface area contributed by atoms with E-state index in [0.717, 1.165) is 0 Å². The normalized spacial score (nSPS) is 10.2. The monoisotopic (exact) mass is 367 g/mol. The number of aromatic carboxylic acids is 1. The van der Waals surface area contributed by atoms with Crippen LogP contribution in [0.15, 0.2) is 53.1 Å². The number of carboxylic acid groups (broad SMARTS) is 1. The van der Waals surface area contributed by atoms with Gasteiger partial charge >= 0.3 is 5.97 Å². The number of anilines is 1. The molecule has 0 aliphatic carbocycles. The van der Waals surface area contributed by atoms with Gasteiger partial charge in [0.15, 0.2) is 11.5 Å². The van der Waals surface area contributed by atoms with Gasteiger partial charge in [0.2, 0.25) is 0 Å². The highest BCUT2D eigenvalue weighted by molar-refractivity contribution is 6.33. The summed E-state index contributed by atoms with van der Waals surface area (Å²) >= 11 is 6.08. The number of aromatic nitrogens is 1. The van der Waals surface area contributed by atoms with E-state index in [2.05, 4.69) is 10.5 Å². The maximum absolute atomic E-state index is 12.3. The molecule has 0 saturated carbocycles. The van der Waals surface area contributed by atoms with Gasteiger partial charge in [-0.25, -0.2) is 4.79 Å². The van der Waals surface area contributed by atoms with Gasteiger partial charge < -0.3 is 14.9 Å². The Morgan fingerprint density at radius 1 is 1.19 bits per heavy atom. The van der Waals surface area contributed by atoms with Gasteiger partial charge in [0.05, 0.1) is 27.9 Å². The molecule has 26 heavy (non-hydrogen) atoms. The Labute approximate surface area is 152 Å². The van der Waals surface area contributed by atoms with Gasteiger partial charge in [0.1, 0.15) is 0 Å². The van der Waals surface area contributed by atoms with E-state index in [1.807, 2.05) is 6.07 Å². The second kappa shape index (κ2) is 7.09. The molecule has 0 aliphatic rings. The molecular weight excluding hydrogens is 358 g/mol. The topological polar surface area (TPSA) is 116 Å². The summed E-state index contributed by atoms with van der Waals surface area (Å²) in [7, 11) is 0. The van der Waals surface area contributed by atoms with E-state index >= 15 is 0 Å². The number of nitrogens with one attached hydrogen (secondary N) is 1. The number of halogens is 1. The number of benzene rings is 2. The number of nitriles is 1. The van der Waals surface area contributed by atoms with E-state index in [1.165, 1.54) is 24.3 Å². The van der Waals surface area contributed by atoms with E-state index in [1.54, 1.807) is 24.3 Å². The summed E-state index contributed by atoms with van der Waals surface area (Å²) in [6.07, 6.45) is 0. The second-order valence-corrected chi connectivity index (χ2v) is 5.59. The van der Waals surface area contributed by atoms with Crippen molar-refractivity contribution in [2.75, 3.05) is 5.32 Å². The highest BCUT2D eigenvalue weighted by atomic mass is 35.5. The Kier molecular flexibility index (Phi) is 4.69. The first-order valence-corrected chi connectivity index (χ1v) is 7.68. The smallest absolute Gasteiger partial charge is 0.337 e. The first kappa shape index (κ1) is 17.2. The molecule has 7 nitrogen and oxygen atoms in total. The summed E-state index contributed by atoms with van der Waals surface area (Å²) in [5.41, 5.74) is 0.546. The van der Waals surface area contributed by atoms with Crippen molar-refractivity contribution in [1.82, 2.24) is 5.16 Å². The predicted octanol–water partition coefficient (Wildman–Crippen LogP) is 3.82. The van der Waals surface area contributed by atoms with Gasteiger partial charge in [-0.1, -0.05) is 28.9 Å². The zero-order valence-corrected chi connectivity index (χ0v) is 13.8. The van der Waals surface area contributed by atoms with E-state index in [-0.39, 0.29) is 22.5 Å². The molecule has 2 aromatic carbocycles. The van der Waals surface area contributed by atoms with Gasteiger partial charge in [-0.3, -0.25) is 4.79 Å². The minimum atomic E-state index is -1.27. The highest BCUT2D eigenvalue weighted by Gasteiger charge is 2.18. The molecule has 0 atom stereocenters. The van der Waals surface area contributed by atoms with Crippen molar-refractivity contribution in [3.05, 3.63) is 70.4 Å². The van der Waals surface area contributed by atoms with E-state index in [0.29, 0.717) is 16.3 Å². The van der Waals surface area contributed by atoms with Crippen LogP contribution in [0.5, 0.6) is 0 Å². The van der Waals surface area contributed by atoms with Crippen LogP contribution in [-0.4, -0.2) is 22.1 Å². The Morgan fingerprint density at radius 2 is 1.96 bits per heavy atom. The average Bonchev–Trinajstić information content (AvgIpc) is 3.12. The molecule has 0 bridgehead atoms. The molecule has 8 heteroatoms. The number of rotatable bonds is 4. The van der Waals surface area contributed by atoms with Crippen LogP contribution in [0.25, 0.3) is 11.3 Å². The predicted molar refractivity (Wildman–Crippen MR) is 93.0 cm³/mol. The number of amides is 1. The molecule has 0 aliphatic heterocycles. The van der Waals surface area contributed by atoms with Gasteiger partial charge in [-0.15, -0.1) is 0 Å². The van der Waals surface area contributed by atoms with E-state index in [9.17, 15) is 14.7 Å². The number of hydrogen-bond donors (Lipinski definition) is 2. The largest absolute Gasteiger partial charge is 0.478 e. The lowest BCUT2D eigenvalue weighted by Crippen LogP contribution is -2.15. The minimum absolute atomic E-state index is 0.0411. The summed E-state index contributed by atoms with van der Waals surface area (Å²) in [4.78, 5) is 23.7. The lowest BCUT2D eigenvalue weighted by molar-refractivity contribution is 0.0698. The molecule has 0 spiro atoms. The van der Waals surface area contributed by atoms with E-state index < -0.39 is 11.9 Å². The zero-order valence-electron chi connectivity index (χ0n) is 13.1. The third kappa shape index (κ3) is 3.41. The van der Waals surface area contributed by atoms with Crippen molar-refractivity contribution >= 4 is 29.2 Å². The number of hydrogen-bond acceptors (Lipinski definition) is 5. The SMILES string of the molecule is N#Cc1ccc(NC(=O)c2cc(-c3ccccc3Cl)on2)c(C(=O)O)c1. The lowest BCUT2D eigenvalue weighted by Gasteiger charge is -2.07. The first-order valence-electron chi connectivity index (χ1n) is 7.30. The third-order valence-electron chi connectivity index (χ3n) is 3.51. The molecule has 3 rings (SSSR count). The van der Waals surface area contributed by atoms with Crippen molar-refractivity contribution in [1.29, 1.82) is 5.26 Å². The molecule has 128 valence electrons. The molecule has 1 amide bonds. The van der Waals surface area contributed by atoms with Crippen LogP contribution in [0.3, 0.4) is 0 Å². The molecule has 1 aromatic heterocycles. The standard InChI is InChI=1S/C18H10ClN3O4/c19-13-4-2-1-3-11(13)16-8-15(22-26-16)17(23)21-14-6-5-10(9-20)7-12(14)18(24)25/h1-8H,(H,21,23)(H,24,25). The van der Waals surface area contributed by atoms with Crippen molar-refractivity contribution in [3.8, 4) is 17.4 Å². The number of carbonyl (C=O) groups is 2. The molecule has 3 aromatic rings. The molecule has 0 unspecified atom stereocenters. The number of carbonyl (C=O) groups excluding carboxylic acids is 1. The molecule has 1 heterocycles. The minimum Gasteiger partial charge on any atom is -0.478 e. The van der Waals surface area contributed by atoms with Crippen LogP contribution in [0, 0.1) is 11.3 Å². The first-order chi connectivity index (χ1) is 12.5. The zero-order chi connectivity index (χ0) is 18.7. The molecule has 2 N–H and O–H groups in total. The van der Waals surface area contributed by atoms with Crippen molar-refractivity contribution < 1.29 is 19.2 Å². The van der Waals surface area contributed by atoms with Crippen molar-refractivity contribution in [2.24, 2.45) is 0 Å². The summed E-state index contributed by atoms with van der Waals surface area (Å²) in [6, 6.07) is 14.1. The van der Waals surface area contributed by atoms with Crippen LogP contribution < -0.4 is 5.32 Å². The van der Waals surface area contributed by atoms with Crippen molar-refractivity contribution in [2.45, 2.75) is 0 Å². The fourth-order valence-corrected chi connectivity index (χ4v) is 2.49. The Balaban J connectivity index is 1.87. The summed E-state index contributed by atoms with van der Waals surface area (Å²) in [6.45, 7) is 0. The number of nitrogens with zero attached hydrogens (tertiary/aromatic N) is 2. The quantitative estimate of drug-likeness (QED) is 0.724. The summed E-state index contributed by atoms with van der Waals surface area (Å²) in [5.74, 6) is -1.62. The Morgan fingerprint density at radius 3 is 2.65 bits per heavy atom. The van der Waals surface area contributed by atoms with Crippen LogP contribution >= 0.6 is 11.6 Å². The maximum atomic E-state index is 12.3. The average molecular weight is 368 g/mol. The maximum Gasteiger partial charge on any atom is 0.337 e. The molecular formula is C18H10ClN3O4. The van der Waals surface area contributed by atoms with Crippen LogP contribution in [0.1, 0.15) is 26.4 Å². The van der Waals surface area contributed by atoms with Gasteiger partial charge in [0.25, 0.3) is 5.91 Å². The molecule has 0 radical (unpaired) electrons. The molecule has 0 fully saturated rings. The van der Waals surface area contributed by atoms with Crippen LogP contribution in [0.2, 0.25) is 5.02 Å². The van der Waals surface area contributed by atoms with Crippen LogP contribution in [0.4, 0.5) is 5.69 Å². The lowest BCUT2D eigenvalue weighted by atomic mass is 10.1. The fourth-order valence-electron chi connectivity index (χ4n) is 2.26. The Bertz CT molecular complexity index is 1050. The van der Waals surface area contributed by atoms with Gasteiger partial charge in [-0.05, 0) is 30.3 Å². The van der Waals surface area contributed by atoms with Gasteiger partial charge in [-0.2, -0.15) is 5.26 Å². The van der Waals surface area contributed by atoms with E-state index in [4.69, 9.17) is 21.4 Å². The second-order valence-electron chi connectivity index (χ2n) is 5.19.